The Morgan fingerprint density at radius 1 is 1.29 bits per heavy atom. The summed E-state index contributed by atoms with van der Waals surface area (Å²) in [5, 5.41) is 12.7. The molecule has 1 aromatic rings. The molecule has 78 valence electrons. The van der Waals surface area contributed by atoms with E-state index < -0.39 is 5.60 Å². The molecule has 0 heterocycles. The first-order valence-electron chi connectivity index (χ1n) is 4.65. The first-order chi connectivity index (χ1) is 6.47. The summed E-state index contributed by atoms with van der Waals surface area (Å²) in [6, 6.07) is 8.14. The second-order valence-corrected chi connectivity index (χ2v) is 4.96. The third kappa shape index (κ3) is 4.74. The van der Waals surface area contributed by atoms with Gasteiger partial charge in [-0.1, -0.05) is 28.1 Å². The van der Waals surface area contributed by atoms with E-state index in [9.17, 15) is 5.11 Å². The molecule has 0 aromatic heterocycles. The molecule has 1 aromatic carbocycles. The second-order valence-electron chi connectivity index (χ2n) is 4.04. The van der Waals surface area contributed by atoms with Crippen molar-refractivity contribution in [2.45, 2.75) is 26.0 Å². The molecule has 0 aliphatic carbocycles. The molecule has 1 rings (SSSR count). The molecule has 0 aliphatic rings. The van der Waals surface area contributed by atoms with Gasteiger partial charge in [-0.3, -0.25) is 0 Å². The van der Waals surface area contributed by atoms with Gasteiger partial charge in [-0.25, -0.2) is 0 Å². The molecule has 0 atom stereocenters. The minimum Gasteiger partial charge on any atom is -0.389 e. The van der Waals surface area contributed by atoms with E-state index in [1.165, 1.54) is 5.56 Å². The maximum absolute atomic E-state index is 9.47. The van der Waals surface area contributed by atoms with Gasteiger partial charge >= 0.3 is 0 Å². The maximum Gasteiger partial charge on any atom is 0.0715 e. The van der Waals surface area contributed by atoms with Gasteiger partial charge in [0.05, 0.1) is 5.60 Å². The molecule has 0 saturated carbocycles. The van der Waals surface area contributed by atoms with Crippen LogP contribution < -0.4 is 5.32 Å². The monoisotopic (exact) mass is 257 g/mol. The van der Waals surface area contributed by atoms with Crippen molar-refractivity contribution in [2.24, 2.45) is 0 Å². The van der Waals surface area contributed by atoms with Crippen LogP contribution in [0.15, 0.2) is 28.7 Å². The van der Waals surface area contributed by atoms with E-state index in [-0.39, 0.29) is 0 Å². The lowest BCUT2D eigenvalue weighted by atomic mass is 10.1. The van der Waals surface area contributed by atoms with Crippen LogP contribution in [0.5, 0.6) is 0 Å². The van der Waals surface area contributed by atoms with Crippen LogP contribution in [-0.4, -0.2) is 17.3 Å². The SMILES string of the molecule is CC(C)(O)CNCc1ccc(Br)cc1. The molecule has 0 aliphatic heterocycles. The molecule has 0 bridgehead atoms. The smallest absolute Gasteiger partial charge is 0.0715 e. The highest BCUT2D eigenvalue weighted by molar-refractivity contribution is 9.10. The standard InChI is InChI=1S/C11H16BrNO/c1-11(2,14)8-13-7-9-3-5-10(12)6-4-9/h3-6,13-14H,7-8H2,1-2H3. The molecule has 0 fully saturated rings. The van der Waals surface area contributed by atoms with E-state index in [1.54, 1.807) is 13.8 Å². The number of hydrogen-bond donors (Lipinski definition) is 2. The van der Waals surface area contributed by atoms with Gasteiger partial charge in [0.1, 0.15) is 0 Å². The van der Waals surface area contributed by atoms with E-state index in [4.69, 9.17) is 0 Å². The molecule has 2 nitrogen and oxygen atoms in total. The molecule has 0 amide bonds. The molecule has 2 N–H and O–H groups in total. The fraction of sp³-hybridized carbons (Fsp3) is 0.455. The molecule has 0 spiro atoms. The summed E-state index contributed by atoms with van der Waals surface area (Å²) in [7, 11) is 0. The van der Waals surface area contributed by atoms with E-state index in [0.717, 1.165) is 11.0 Å². The quantitative estimate of drug-likeness (QED) is 0.868. The van der Waals surface area contributed by atoms with Crippen LogP contribution >= 0.6 is 15.9 Å². The first kappa shape index (κ1) is 11.7. The van der Waals surface area contributed by atoms with Gasteiger partial charge < -0.3 is 10.4 Å². The average molecular weight is 258 g/mol. The van der Waals surface area contributed by atoms with E-state index in [1.807, 2.05) is 12.1 Å². The molecule has 0 unspecified atom stereocenters. The number of aliphatic hydroxyl groups is 1. The summed E-state index contributed by atoms with van der Waals surface area (Å²) in [6.07, 6.45) is 0. The van der Waals surface area contributed by atoms with Crippen molar-refractivity contribution >= 4 is 15.9 Å². The Morgan fingerprint density at radius 2 is 1.86 bits per heavy atom. The van der Waals surface area contributed by atoms with Crippen LogP contribution in [0.25, 0.3) is 0 Å². The summed E-state index contributed by atoms with van der Waals surface area (Å²) in [5.41, 5.74) is 0.576. The van der Waals surface area contributed by atoms with Crippen LogP contribution in [0, 0.1) is 0 Å². The van der Waals surface area contributed by atoms with Crippen molar-refractivity contribution in [3.05, 3.63) is 34.3 Å². The lowest BCUT2D eigenvalue weighted by Crippen LogP contribution is -2.34. The highest BCUT2D eigenvalue weighted by Gasteiger charge is 2.10. The van der Waals surface area contributed by atoms with Crippen LogP contribution in [-0.2, 0) is 6.54 Å². The third-order valence-corrected chi connectivity index (χ3v) is 2.33. The van der Waals surface area contributed by atoms with Gasteiger partial charge in [0, 0.05) is 17.6 Å². The van der Waals surface area contributed by atoms with Crippen molar-refractivity contribution < 1.29 is 5.11 Å². The summed E-state index contributed by atoms with van der Waals surface area (Å²) in [5.74, 6) is 0. The minimum atomic E-state index is -0.643. The minimum absolute atomic E-state index is 0.600. The zero-order valence-corrected chi connectivity index (χ0v) is 10.1. The van der Waals surface area contributed by atoms with Crippen LogP contribution in [0.4, 0.5) is 0 Å². The third-order valence-electron chi connectivity index (χ3n) is 1.80. The van der Waals surface area contributed by atoms with E-state index in [2.05, 4.69) is 33.4 Å². The van der Waals surface area contributed by atoms with E-state index in [0.29, 0.717) is 6.54 Å². The van der Waals surface area contributed by atoms with Gasteiger partial charge in [0.2, 0.25) is 0 Å². The predicted molar refractivity (Wildman–Crippen MR) is 62.1 cm³/mol. The van der Waals surface area contributed by atoms with Crippen molar-refractivity contribution in [1.82, 2.24) is 5.32 Å². The summed E-state index contributed by atoms with van der Waals surface area (Å²) in [6.45, 7) is 4.98. The van der Waals surface area contributed by atoms with Crippen LogP contribution in [0.2, 0.25) is 0 Å². The van der Waals surface area contributed by atoms with E-state index >= 15 is 0 Å². The van der Waals surface area contributed by atoms with Crippen molar-refractivity contribution in [3.8, 4) is 0 Å². The molecular formula is C11H16BrNO. The summed E-state index contributed by atoms with van der Waals surface area (Å²) >= 11 is 3.38. The fourth-order valence-corrected chi connectivity index (χ4v) is 1.38. The Hall–Kier alpha value is -0.380. The number of nitrogens with one attached hydrogen (secondary N) is 1. The summed E-state index contributed by atoms with van der Waals surface area (Å²) < 4.78 is 1.09. The van der Waals surface area contributed by atoms with Crippen molar-refractivity contribution in [3.63, 3.8) is 0 Å². The topological polar surface area (TPSA) is 32.3 Å². The van der Waals surface area contributed by atoms with Gasteiger partial charge in [-0.05, 0) is 31.5 Å². The molecule has 0 saturated heterocycles. The number of halogens is 1. The fourth-order valence-electron chi connectivity index (χ4n) is 1.11. The predicted octanol–water partition coefficient (Wildman–Crippen LogP) is 2.31. The number of hydrogen-bond acceptors (Lipinski definition) is 2. The number of benzene rings is 1. The Kier molecular flexibility index (Phi) is 4.11. The number of rotatable bonds is 4. The van der Waals surface area contributed by atoms with Gasteiger partial charge in [0.25, 0.3) is 0 Å². The zero-order chi connectivity index (χ0) is 10.6. The Bertz CT molecular complexity index is 276. The zero-order valence-electron chi connectivity index (χ0n) is 8.55. The lowest BCUT2D eigenvalue weighted by molar-refractivity contribution is 0.0795. The molecule has 3 heteroatoms. The normalized spacial score (nSPS) is 11.7. The Balaban J connectivity index is 2.35. The Morgan fingerprint density at radius 3 is 2.36 bits per heavy atom. The average Bonchev–Trinajstić information content (AvgIpc) is 2.06. The van der Waals surface area contributed by atoms with Gasteiger partial charge in [-0.2, -0.15) is 0 Å². The van der Waals surface area contributed by atoms with Crippen molar-refractivity contribution in [2.75, 3.05) is 6.54 Å². The maximum atomic E-state index is 9.47. The molecular weight excluding hydrogens is 242 g/mol. The highest BCUT2D eigenvalue weighted by atomic mass is 79.9. The van der Waals surface area contributed by atoms with Crippen molar-refractivity contribution in [1.29, 1.82) is 0 Å². The molecule has 14 heavy (non-hydrogen) atoms. The van der Waals surface area contributed by atoms with Crippen LogP contribution in [0.3, 0.4) is 0 Å². The second kappa shape index (κ2) is 4.91. The summed E-state index contributed by atoms with van der Waals surface area (Å²) in [4.78, 5) is 0. The molecule has 0 radical (unpaired) electrons. The first-order valence-corrected chi connectivity index (χ1v) is 5.44. The largest absolute Gasteiger partial charge is 0.389 e. The van der Waals surface area contributed by atoms with Crippen LogP contribution in [0.1, 0.15) is 19.4 Å². The van der Waals surface area contributed by atoms with Gasteiger partial charge in [0.15, 0.2) is 0 Å². The highest BCUT2D eigenvalue weighted by Crippen LogP contribution is 2.10. The lowest BCUT2D eigenvalue weighted by Gasteiger charge is -2.17. The Labute approximate surface area is 93.5 Å². The van der Waals surface area contributed by atoms with Gasteiger partial charge in [-0.15, -0.1) is 0 Å².